The standard InChI is InChI=1S/C24H24Cl2N2O4/c1-2-24(28-23(30)16-32-21-9-5-18(26)6-10-21)13-11-19(12-14-24)27-22(29)15-31-20-7-3-17(25)4-8-20/h1,3-10,19H,11-16H2,(H,27,29)(H,28,30)/t19-,24-. The van der Waals surface area contributed by atoms with Crippen LogP contribution in [0.5, 0.6) is 11.5 Å². The molecular weight excluding hydrogens is 451 g/mol. The van der Waals surface area contributed by atoms with E-state index in [1.165, 1.54) is 0 Å². The number of carbonyl (C=O) groups excluding carboxylic acids is 2. The third kappa shape index (κ3) is 7.08. The second-order valence-corrected chi connectivity index (χ2v) is 8.47. The van der Waals surface area contributed by atoms with Gasteiger partial charge in [0.15, 0.2) is 13.2 Å². The monoisotopic (exact) mass is 474 g/mol. The Morgan fingerprint density at radius 2 is 1.38 bits per heavy atom. The van der Waals surface area contributed by atoms with Crippen molar-refractivity contribution in [2.45, 2.75) is 37.3 Å². The molecule has 1 saturated carbocycles. The van der Waals surface area contributed by atoms with Crippen LogP contribution >= 0.6 is 23.2 Å². The lowest BCUT2D eigenvalue weighted by Crippen LogP contribution is -2.53. The maximum atomic E-state index is 12.4. The zero-order chi connectivity index (χ0) is 23.0. The van der Waals surface area contributed by atoms with Crippen molar-refractivity contribution < 1.29 is 19.1 Å². The first-order valence-corrected chi connectivity index (χ1v) is 11.0. The lowest BCUT2D eigenvalue weighted by atomic mass is 9.80. The minimum absolute atomic E-state index is 0.0278. The summed E-state index contributed by atoms with van der Waals surface area (Å²) in [6.45, 7) is -0.232. The Hall–Kier alpha value is -2.88. The van der Waals surface area contributed by atoms with Gasteiger partial charge in [0, 0.05) is 16.1 Å². The highest BCUT2D eigenvalue weighted by Crippen LogP contribution is 2.28. The number of nitrogens with one attached hydrogen (secondary N) is 2. The average Bonchev–Trinajstić information content (AvgIpc) is 2.80. The minimum Gasteiger partial charge on any atom is -0.484 e. The molecule has 1 aliphatic carbocycles. The first kappa shape index (κ1) is 23.8. The molecule has 0 heterocycles. The van der Waals surface area contributed by atoms with Gasteiger partial charge in [-0.3, -0.25) is 9.59 Å². The highest BCUT2D eigenvalue weighted by atomic mass is 35.5. The molecule has 2 amide bonds. The van der Waals surface area contributed by atoms with Crippen LogP contribution in [-0.4, -0.2) is 36.6 Å². The Labute approximate surface area is 197 Å². The predicted molar refractivity (Wildman–Crippen MR) is 124 cm³/mol. The van der Waals surface area contributed by atoms with E-state index in [1.807, 2.05) is 0 Å². The second kappa shape index (κ2) is 11.1. The van der Waals surface area contributed by atoms with Crippen LogP contribution in [0.1, 0.15) is 25.7 Å². The Morgan fingerprint density at radius 1 is 0.906 bits per heavy atom. The smallest absolute Gasteiger partial charge is 0.259 e. The molecule has 0 atom stereocenters. The van der Waals surface area contributed by atoms with Gasteiger partial charge in [0.2, 0.25) is 0 Å². The van der Waals surface area contributed by atoms with Crippen molar-refractivity contribution in [3.05, 3.63) is 58.6 Å². The Balaban J connectivity index is 1.41. The number of hydrogen-bond acceptors (Lipinski definition) is 4. The van der Waals surface area contributed by atoms with Crippen LogP contribution in [-0.2, 0) is 9.59 Å². The first-order valence-electron chi connectivity index (χ1n) is 10.2. The van der Waals surface area contributed by atoms with Gasteiger partial charge in [0.1, 0.15) is 17.0 Å². The summed E-state index contributed by atoms with van der Waals surface area (Å²) in [5, 5.41) is 7.07. The fraction of sp³-hybridized carbons (Fsp3) is 0.333. The molecule has 1 fully saturated rings. The molecule has 168 valence electrons. The number of terminal acetylenes is 1. The van der Waals surface area contributed by atoms with Crippen molar-refractivity contribution in [2.75, 3.05) is 13.2 Å². The van der Waals surface area contributed by atoms with Crippen molar-refractivity contribution >= 4 is 35.0 Å². The zero-order valence-electron chi connectivity index (χ0n) is 17.4. The molecule has 6 nitrogen and oxygen atoms in total. The van der Waals surface area contributed by atoms with E-state index in [4.69, 9.17) is 39.1 Å². The molecule has 0 aliphatic heterocycles. The van der Waals surface area contributed by atoms with Gasteiger partial charge in [-0.2, -0.15) is 0 Å². The maximum absolute atomic E-state index is 12.4. The van der Waals surface area contributed by atoms with E-state index in [0.717, 1.165) is 0 Å². The molecule has 1 aliphatic rings. The third-order valence-electron chi connectivity index (χ3n) is 5.23. The summed E-state index contributed by atoms with van der Waals surface area (Å²) in [5.74, 6) is 3.34. The van der Waals surface area contributed by atoms with Crippen LogP contribution in [0.3, 0.4) is 0 Å². The summed E-state index contributed by atoms with van der Waals surface area (Å²) in [5.41, 5.74) is -0.749. The molecule has 0 spiro atoms. The Bertz CT molecular complexity index is 963. The fourth-order valence-electron chi connectivity index (χ4n) is 3.49. The molecular formula is C24H24Cl2N2O4. The number of rotatable bonds is 8. The summed E-state index contributed by atoms with van der Waals surface area (Å²) in [6, 6.07) is 13.5. The molecule has 0 bridgehead atoms. The van der Waals surface area contributed by atoms with E-state index >= 15 is 0 Å². The summed E-state index contributed by atoms with van der Waals surface area (Å²) in [6.07, 6.45) is 8.15. The molecule has 2 aromatic carbocycles. The zero-order valence-corrected chi connectivity index (χ0v) is 18.9. The van der Waals surface area contributed by atoms with Gasteiger partial charge in [-0.05, 0) is 74.2 Å². The number of carbonyl (C=O) groups is 2. The number of benzene rings is 2. The number of halogens is 2. The van der Waals surface area contributed by atoms with Crippen molar-refractivity contribution in [3.63, 3.8) is 0 Å². The third-order valence-corrected chi connectivity index (χ3v) is 5.73. The molecule has 0 aromatic heterocycles. The largest absolute Gasteiger partial charge is 0.484 e. The van der Waals surface area contributed by atoms with Crippen molar-refractivity contribution in [1.29, 1.82) is 0 Å². The van der Waals surface area contributed by atoms with Gasteiger partial charge in [0.25, 0.3) is 11.8 Å². The van der Waals surface area contributed by atoms with Gasteiger partial charge in [0.05, 0.1) is 0 Å². The van der Waals surface area contributed by atoms with Gasteiger partial charge in [-0.25, -0.2) is 0 Å². The van der Waals surface area contributed by atoms with Gasteiger partial charge >= 0.3 is 0 Å². The van der Waals surface area contributed by atoms with Crippen LogP contribution < -0.4 is 20.1 Å². The topological polar surface area (TPSA) is 76.7 Å². The lowest BCUT2D eigenvalue weighted by molar-refractivity contribution is -0.126. The molecule has 2 N–H and O–H groups in total. The molecule has 0 radical (unpaired) electrons. The number of hydrogen-bond donors (Lipinski definition) is 2. The summed E-state index contributed by atoms with van der Waals surface area (Å²) in [7, 11) is 0. The van der Waals surface area contributed by atoms with Crippen LogP contribution in [0.15, 0.2) is 48.5 Å². The van der Waals surface area contributed by atoms with Gasteiger partial charge in [-0.1, -0.05) is 29.1 Å². The van der Waals surface area contributed by atoms with Crippen molar-refractivity contribution in [1.82, 2.24) is 10.6 Å². The molecule has 2 aromatic rings. The average molecular weight is 475 g/mol. The minimum atomic E-state index is -0.749. The summed E-state index contributed by atoms with van der Waals surface area (Å²) in [4.78, 5) is 24.6. The molecule has 8 heteroatoms. The van der Waals surface area contributed by atoms with E-state index in [1.54, 1.807) is 48.5 Å². The highest BCUT2D eigenvalue weighted by molar-refractivity contribution is 6.30. The Kier molecular flexibility index (Phi) is 8.26. The van der Waals surface area contributed by atoms with Crippen LogP contribution in [0.25, 0.3) is 0 Å². The quantitative estimate of drug-likeness (QED) is 0.566. The van der Waals surface area contributed by atoms with E-state index in [0.29, 0.717) is 47.2 Å². The second-order valence-electron chi connectivity index (χ2n) is 7.60. The Morgan fingerprint density at radius 3 is 1.84 bits per heavy atom. The van der Waals surface area contributed by atoms with E-state index in [-0.39, 0.29) is 31.1 Å². The SMILES string of the molecule is C#C[C@]1(NC(=O)COc2ccc(Cl)cc2)CC[C@H](NC(=O)COc2ccc(Cl)cc2)CC1. The predicted octanol–water partition coefficient (Wildman–Crippen LogP) is 4.00. The first-order chi connectivity index (χ1) is 15.4. The van der Waals surface area contributed by atoms with Gasteiger partial charge in [-0.15, -0.1) is 6.42 Å². The molecule has 0 unspecified atom stereocenters. The molecule has 3 rings (SSSR count). The van der Waals surface area contributed by atoms with Crippen molar-refractivity contribution in [2.24, 2.45) is 0 Å². The lowest BCUT2D eigenvalue weighted by Gasteiger charge is -2.37. The molecule has 32 heavy (non-hydrogen) atoms. The van der Waals surface area contributed by atoms with E-state index in [9.17, 15) is 9.59 Å². The van der Waals surface area contributed by atoms with Crippen LogP contribution in [0.4, 0.5) is 0 Å². The van der Waals surface area contributed by atoms with Crippen molar-refractivity contribution in [3.8, 4) is 23.8 Å². The number of ether oxygens (including phenoxy) is 2. The highest BCUT2D eigenvalue weighted by Gasteiger charge is 2.35. The van der Waals surface area contributed by atoms with Crippen LogP contribution in [0.2, 0.25) is 10.0 Å². The van der Waals surface area contributed by atoms with E-state index in [2.05, 4.69) is 16.6 Å². The summed E-state index contributed by atoms with van der Waals surface area (Å²) < 4.78 is 10.9. The fourth-order valence-corrected chi connectivity index (χ4v) is 3.74. The van der Waals surface area contributed by atoms with Crippen LogP contribution in [0, 0.1) is 12.3 Å². The normalized spacial score (nSPS) is 20.0. The van der Waals surface area contributed by atoms with Gasteiger partial charge < -0.3 is 20.1 Å². The summed E-state index contributed by atoms with van der Waals surface area (Å²) >= 11 is 11.7. The van der Waals surface area contributed by atoms with E-state index < -0.39 is 5.54 Å². The number of amides is 2. The maximum Gasteiger partial charge on any atom is 0.259 e. The molecule has 0 saturated heterocycles.